The van der Waals surface area contributed by atoms with Crippen LogP contribution in [0, 0.1) is 6.92 Å². The molecule has 1 atom stereocenters. The Labute approximate surface area is 203 Å². The van der Waals surface area contributed by atoms with Crippen LogP contribution < -0.4 is 0 Å². The fraction of sp³-hybridized carbons (Fsp3) is 0.360. The quantitative estimate of drug-likeness (QED) is 0.485. The van der Waals surface area contributed by atoms with Crippen molar-refractivity contribution >= 4 is 35.5 Å². The van der Waals surface area contributed by atoms with Crippen LogP contribution >= 0.6 is 23.5 Å². The maximum absolute atomic E-state index is 9.55. The molecule has 33 heavy (non-hydrogen) atoms. The van der Waals surface area contributed by atoms with E-state index in [1.807, 2.05) is 23.5 Å². The summed E-state index contributed by atoms with van der Waals surface area (Å²) < 4.78 is 0. The van der Waals surface area contributed by atoms with Crippen LogP contribution in [0.4, 0.5) is 0 Å². The Morgan fingerprint density at radius 1 is 1.00 bits per heavy atom. The Hall–Kier alpha value is -2.26. The minimum Gasteiger partial charge on any atom is -0.478 e. The van der Waals surface area contributed by atoms with Crippen LogP contribution in [0.25, 0.3) is 0 Å². The second kappa shape index (κ2) is 11.7. The van der Waals surface area contributed by atoms with Gasteiger partial charge in [0.05, 0.1) is 0 Å². The molecule has 1 saturated heterocycles. The van der Waals surface area contributed by atoms with E-state index in [4.69, 9.17) is 10.2 Å². The number of carbonyl (C=O) groups is 2. The molecule has 1 unspecified atom stereocenters. The van der Waals surface area contributed by atoms with Gasteiger partial charge in [0.1, 0.15) is 0 Å². The molecule has 0 bridgehead atoms. The second-order valence-corrected chi connectivity index (χ2v) is 10.1. The number of fused-ring (bicyclic) bond motifs is 2. The van der Waals surface area contributed by atoms with Crippen LogP contribution in [0.5, 0.6) is 0 Å². The standard InChI is InChI=1S/C21H26N2S2.C4H4O4/c1-15-4-6-20-16(12-15)13-19(23-10-8-22(2)9-11-23)18-14-17(24-3)5-7-21(18)25-20;5-3(6)1-2-4(7)8/h4-7,12,14,19H,8-11,13H2,1-3H3;1-2H,(H,5,6)(H,7,8). The third-order valence-corrected chi connectivity index (χ3v) is 7.71. The summed E-state index contributed by atoms with van der Waals surface area (Å²) in [5.74, 6) is -2.51. The highest BCUT2D eigenvalue weighted by Crippen LogP contribution is 2.44. The first kappa shape index (κ1) is 25.4. The normalized spacial score (nSPS) is 18.6. The summed E-state index contributed by atoms with van der Waals surface area (Å²) in [6.07, 6.45) is 4.41. The third kappa shape index (κ3) is 7.11. The van der Waals surface area contributed by atoms with E-state index < -0.39 is 11.9 Å². The fourth-order valence-corrected chi connectivity index (χ4v) is 5.56. The van der Waals surface area contributed by atoms with Crippen LogP contribution in [0.15, 0.2) is 63.2 Å². The van der Waals surface area contributed by atoms with Crippen LogP contribution in [0.3, 0.4) is 0 Å². The Balaban J connectivity index is 0.000000331. The molecule has 0 saturated carbocycles. The zero-order chi connectivity index (χ0) is 24.0. The van der Waals surface area contributed by atoms with Gasteiger partial charge in [0.15, 0.2) is 0 Å². The number of hydrogen-bond donors (Lipinski definition) is 2. The van der Waals surface area contributed by atoms with Crippen molar-refractivity contribution in [1.82, 2.24) is 9.80 Å². The van der Waals surface area contributed by atoms with Gasteiger partial charge < -0.3 is 15.1 Å². The Morgan fingerprint density at radius 2 is 1.64 bits per heavy atom. The van der Waals surface area contributed by atoms with Gasteiger partial charge in [-0.2, -0.15) is 0 Å². The monoisotopic (exact) mass is 486 g/mol. The van der Waals surface area contributed by atoms with Gasteiger partial charge in [-0.25, -0.2) is 9.59 Å². The summed E-state index contributed by atoms with van der Waals surface area (Å²) in [6, 6.07) is 14.5. The van der Waals surface area contributed by atoms with Crippen molar-refractivity contribution in [3.05, 3.63) is 65.2 Å². The van der Waals surface area contributed by atoms with Gasteiger partial charge in [0, 0.05) is 59.1 Å². The van der Waals surface area contributed by atoms with Gasteiger partial charge in [0.2, 0.25) is 0 Å². The second-order valence-electron chi connectivity index (χ2n) is 8.19. The molecule has 0 spiro atoms. The number of likely N-dealkylation sites (N-methyl/N-ethyl adjacent to an activating group) is 1. The summed E-state index contributed by atoms with van der Waals surface area (Å²) >= 11 is 3.80. The fourth-order valence-electron chi connectivity index (χ4n) is 4.01. The predicted molar refractivity (Wildman–Crippen MR) is 133 cm³/mol. The van der Waals surface area contributed by atoms with Crippen molar-refractivity contribution in [2.45, 2.75) is 34.1 Å². The number of aliphatic carboxylic acids is 2. The Bertz CT molecular complexity index is 1020. The molecule has 0 amide bonds. The van der Waals surface area contributed by atoms with E-state index in [-0.39, 0.29) is 0 Å². The molecule has 2 aliphatic heterocycles. The smallest absolute Gasteiger partial charge is 0.328 e. The topological polar surface area (TPSA) is 81.1 Å². The first-order valence-electron chi connectivity index (χ1n) is 10.8. The van der Waals surface area contributed by atoms with E-state index in [2.05, 4.69) is 66.4 Å². The van der Waals surface area contributed by atoms with Crippen LogP contribution in [0.1, 0.15) is 22.7 Å². The van der Waals surface area contributed by atoms with Crippen molar-refractivity contribution < 1.29 is 19.8 Å². The zero-order valence-electron chi connectivity index (χ0n) is 19.2. The van der Waals surface area contributed by atoms with Crippen LogP contribution in [0.2, 0.25) is 0 Å². The van der Waals surface area contributed by atoms with E-state index in [0.717, 1.165) is 19.5 Å². The molecule has 0 aromatic heterocycles. The molecule has 4 rings (SSSR count). The van der Waals surface area contributed by atoms with Crippen LogP contribution in [-0.4, -0.2) is 71.4 Å². The predicted octanol–water partition coefficient (Wildman–Crippen LogP) is 4.42. The Morgan fingerprint density at radius 3 is 2.24 bits per heavy atom. The van der Waals surface area contributed by atoms with E-state index in [9.17, 15) is 9.59 Å². The van der Waals surface area contributed by atoms with E-state index in [0.29, 0.717) is 18.2 Å². The lowest BCUT2D eigenvalue weighted by Crippen LogP contribution is -2.46. The van der Waals surface area contributed by atoms with E-state index >= 15 is 0 Å². The molecule has 2 aliphatic rings. The SMILES string of the molecule is CSc1ccc2c(c1)C(N1CCN(C)CC1)Cc1cc(C)ccc1S2.O=C(O)C=CC(=O)O. The van der Waals surface area contributed by atoms with Crippen molar-refractivity contribution in [2.75, 3.05) is 39.5 Å². The summed E-state index contributed by atoms with van der Waals surface area (Å²) in [6.45, 7) is 6.87. The number of rotatable bonds is 4. The number of piperazine rings is 1. The van der Waals surface area contributed by atoms with Gasteiger partial charge >= 0.3 is 11.9 Å². The number of carboxylic acid groups (broad SMARTS) is 2. The van der Waals surface area contributed by atoms with Crippen molar-refractivity contribution in [3.63, 3.8) is 0 Å². The molecule has 0 aliphatic carbocycles. The third-order valence-electron chi connectivity index (χ3n) is 5.77. The first-order chi connectivity index (χ1) is 15.8. The summed E-state index contributed by atoms with van der Waals surface area (Å²) in [5, 5.41) is 15.6. The molecule has 6 nitrogen and oxygen atoms in total. The molecule has 8 heteroatoms. The van der Waals surface area contributed by atoms with Gasteiger partial charge in [0.25, 0.3) is 0 Å². The molecular weight excluding hydrogens is 456 g/mol. The highest BCUT2D eigenvalue weighted by atomic mass is 32.2. The average Bonchev–Trinajstić information content (AvgIpc) is 2.94. The number of benzene rings is 2. The average molecular weight is 487 g/mol. The van der Waals surface area contributed by atoms with E-state index in [1.54, 1.807) is 0 Å². The van der Waals surface area contributed by atoms with Gasteiger partial charge in [-0.3, -0.25) is 4.90 Å². The summed E-state index contributed by atoms with van der Waals surface area (Å²) in [4.78, 5) is 28.5. The highest BCUT2D eigenvalue weighted by molar-refractivity contribution is 7.99. The molecule has 2 aromatic carbocycles. The van der Waals surface area contributed by atoms with Crippen molar-refractivity contribution in [2.24, 2.45) is 0 Å². The Kier molecular flexibility index (Phi) is 9.02. The van der Waals surface area contributed by atoms with Gasteiger partial charge in [-0.15, -0.1) is 11.8 Å². The lowest BCUT2D eigenvalue weighted by Gasteiger charge is -2.38. The molecule has 1 fully saturated rings. The molecule has 2 N–H and O–H groups in total. The highest BCUT2D eigenvalue weighted by Gasteiger charge is 2.29. The van der Waals surface area contributed by atoms with Crippen molar-refractivity contribution in [1.29, 1.82) is 0 Å². The minimum absolute atomic E-state index is 0.492. The number of nitrogens with zero attached hydrogens (tertiary/aromatic N) is 2. The van der Waals surface area contributed by atoms with Crippen molar-refractivity contribution in [3.8, 4) is 0 Å². The molecular formula is C25H30N2O4S2. The largest absolute Gasteiger partial charge is 0.478 e. The zero-order valence-corrected chi connectivity index (χ0v) is 20.8. The van der Waals surface area contributed by atoms with Gasteiger partial charge in [-0.1, -0.05) is 29.5 Å². The molecule has 2 heterocycles. The first-order valence-corrected chi connectivity index (χ1v) is 12.8. The number of carboxylic acids is 2. The minimum atomic E-state index is -1.26. The summed E-state index contributed by atoms with van der Waals surface area (Å²) in [5.41, 5.74) is 4.40. The number of aryl methyl sites for hydroxylation is 1. The number of thioether (sulfide) groups is 1. The maximum atomic E-state index is 9.55. The maximum Gasteiger partial charge on any atom is 0.328 e. The van der Waals surface area contributed by atoms with E-state index in [1.165, 1.54) is 44.5 Å². The molecule has 0 radical (unpaired) electrons. The lowest BCUT2D eigenvalue weighted by molar-refractivity contribution is -0.134. The number of hydrogen-bond acceptors (Lipinski definition) is 6. The molecule has 2 aromatic rings. The summed E-state index contributed by atoms with van der Waals surface area (Å²) in [7, 11) is 2.23. The lowest BCUT2D eigenvalue weighted by atomic mass is 9.96. The van der Waals surface area contributed by atoms with Crippen LogP contribution in [-0.2, 0) is 16.0 Å². The molecule has 176 valence electrons. The van der Waals surface area contributed by atoms with Gasteiger partial charge in [-0.05, 0) is 62.0 Å².